The van der Waals surface area contributed by atoms with Gasteiger partial charge < -0.3 is 14.8 Å². The van der Waals surface area contributed by atoms with Crippen LogP contribution in [0.25, 0.3) is 0 Å². The highest BCUT2D eigenvalue weighted by Crippen LogP contribution is 2.35. The third-order valence-corrected chi connectivity index (χ3v) is 5.48. The number of nitrogens with one attached hydrogen (secondary N) is 1. The van der Waals surface area contributed by atoms with Gasteiger partial charge in [-0.05, 0) is 32.3 Å². The summed E-state index contributed by atoms with van der Waals surface area (Å²) in [6.07, 6.45) is 3.11. The number of hydrogen-bond donors (Lipinski definition) is 1. The number of anilines is 1. The van der Waals surface area contributed by atoms with E-state index in [2.05, 4.69) is 10.4 Å². The first kappa shape index (κ1) is 24.0. The van der Waals surface area contributed by atoms with Crippen molar-refractivity contribution in [1.82, 2.24) is 9.78 Å². The Morgan fingerprint density at radius 2 is 1.97 bits per heavy atom. The maximum Gasteiger partial charge on any atom is 0.348 e. The zero-order valence-corrected chi connectivity index (χ0v) is 18.5. The summed E-state index contributed by atoms with van der Waals surface area (Å²) in [4.78, 5) is 48.3. The van der Waals surface area contributed by atoms with Crippen molar-refractivity contribution in [1.29, 1.82) is 0 Å². The molecule has 1 unspecified atom stereocenters. The van der Waals surface area contributed by atoms with E-state index in [4.69, 9.17) is 9.47 Å². The highest BCUT2D eigenvalue weighted by Gasteiger charge is 2.29. The van der Waals surface area contributed by atoms with Crippen LogP contribution in [0.4, 0.5) is 10.7 Å². The van der Waals surface area contributed by atoms with Crippen LogP contribution in [0, 0.1) is 17.0 Å². The molecular formula is C19H24N4O7S. The molecule has 2 aromatic heterocycles. The minimum atomic E-state index is -0.860. The van der Waals surface area contributed by atoms with E-state index in [9.17, 15) is 24.5 Å². The van der Waals surface area contributed by atoms with E-state index in [1.165, 1.54) is 4.68 Å². The maximum absolute atomic E-state index is 12.9. The molecule has 0 aliphatic carbocycles. The van der Waals surface area contributed by atoms with Crippen LogP contribution in [0.15, 0.2) is 12.4 Å². The standard InChI is InChI=1S/C19H24N4O7S/c1-5-8-30-18(25)14-11(4)15(19(26)29-7-3)31-17(14)21-16(24)13(6-2)22-10-12(9-20-22)23(27)28/h9-10,13H,5-8H2,1-4H3,(H,21,24). The zero-order valence-electron chi connectivity index (χ0n) is 17.7. The van der Waals surface area contributed by atoms with Crippen LogP contribution in [0.2, 0.25) is 0 Å². The minimum Gasteiger partial charge on any atom is -0.462 e. The highest BCUT2D eigenvalue weighted by atomic mass is 32.1. The second kappa shape index (κ2) is 10.7. The molecular weight excluding hydrogens is 428 g/mol. The van der Waals surface area contributed by atoms with Gasteiger partial charge in [-0.3, -0.25) is 19.6 Å². The number of aromatic nitrogens is 2. The number of ether oxygens (including phenoxy) is 2. The summed E-state index contributed by atoms with van der Waals surface area (Å²) in [5.74, 6) is -1.81. The van der Waals surface area contributed by atoms with Crippen LogP contribution in [-0.4, -0.2) is 45.8 Å². The first-order chi connectivity index (χ1) is 14.7. The molecule has 0 radical (unpaired) electrons. The molecule has 0 spiro atoms. The number of carbonyl (C=O) groups excluding carboxylic acids is 3. The maximum atomic E-state index is 12.9. The fourth-order valence-corrected chi connectivity index (χ4v) is 3.88. The topological polar surface area (TPSA) is 143 Å². The van der Waals surface area contributed by atoms with Gasteiger partial charge in [-0.1, -0.05) is 13.8 Å². The number of esters is 2. The van der Waals surface area contributed by atoms with Crippen molar-refractivity contribution in [3.05, 3.63) is 38.5 Å². The van der Waals surface area contributed by atoms with E-state index in [1.807, 2.05) is 6.92 Å². The first-order valence-corrected chi connectivity index (χ1v) is 10.5. The molecule has 2 heterocycles. The third-order valence-electron chi connectivity index (χ3n) is 4.29. The molecule has 0 saturated carbocycles. The number of carbonyl (C=O) groups is 3. The Bertz CT molecular complexity index is 982. The van der Waals surface area contributed by atoms with Gasteiger partial charge in [-0.25, -0.2) is 9.59 Å². The Balaban J connectivity index is 2.38. The lowest BCUT2D eigenvalue weighted by molar-refractivity contribution is -0.385. The molecule has 0 saturated heterocycles. The lowest BCUT2D eigenvalue weighted by atomic mass is 10.1. The Morgan fingerprint density at radius 3 is 2.52 bits per heavy atom. The minimum absolute atomic E-state index is 0.0798. The lowest BCUT2D eigenvalue weighted by Crippen LogP contribution is -2.26. The van der Waals surface area contributed by atoms with Crippen LogP contribution in [0.5, 0.6) is 0 Å². The Hall–Kier alpha value is -3.28. The Morgan fingerprint density at radius 1 is 1.26 bits per heavy atom. The average Bonchev–Trinajstić information content (AvgIpc) is 3.32. The molecule has 0 fully saturated rings. The van der Waals surface area contributed by atoms with Crippen molar-refractivity contribution in [2.24, 2.45) is 0 Å². The predicted octanol–water partition coefficient (Wildman–Crippen LogP) is 3.49. The van der Waals surface area contributed by atoms with Crippen LogP contribution < -0.4 is 5.32 Å². The third kappa shape index (κ3) is 5.45. The monoisotopic (exact) mass is 452 g/mol. The molecule has 0 aromatic carbocycles. The molecule has 0 aliphatic rings. The van der Waals surface area contributed by atoms with Gasteiger partial charge in [0.15, 0.2) is 0 Å². The largest absolute Gasteiger partial charge is 0.462 e. The van der Waals surface area contributed by atoms with Crippen molar-refractivity contribution in [3.8, 4) is 0 Å². The molecule has 1 amide bonds. The van der Waals surface area contributed by atoms with Crippen molar-refractivity contribution in [3.63, 3.8) is 0 Å². The zero-order chi connectivity index (χ0) is 23.1. The molecule has 1 N–H and O–H groups in total. The van der Waals surface area contributed by atoms with E-state index in [1.54, 1.807) is 20.8 Å². The summed E-state index contributed by atoms with van der Waals surface area (Å²) >= 11 is 0.912. The molecule has 168 valence electrons. The summed E-state index contributed by atoms with van der Waals surface area (Å²) in [5, 5.41) is 17.6. The molecule has 1 atom stereocenters. The van der Waals surface area contributed by atoms with Gasteiger partial charge in [0.25, 0.3) is 0 Å². The van der Waals surface area contributed by atoms with Gasteiger partial charge in [-0.15, -0.1) is 11.3 Å². The number of nitro groups is 1. The summed E-state index contributed by atoms with van der Waals surface area (Å²) in [7, 11) is 0. The lowest BCUT2D eigenvalue weighted by Gasteiger charge is -2.15. The normalized spacial score (nSPS) is 11.6. The van der Waals surface area contributed by atoms with Gasteiger partial charge in [-0.2, -0.15) is 5.10 Å². The molecule has 0 bridgehead atoms. The van der Waals surface area contributed by atoms with Crippen molar-refractivity contribution in [2.75, 3.05) is 18.5 Å². The predicted molar refractivity (Wildman–Crippen MR) is 112 cm³/mol. The van der Waals surface area contributed by atoms with Crippen LogP contribution >= 0.6 is 11.3 Å². The van der Waals surface area contributed by atoms with E-state index < -0.39 is 28.8 Å². The van der Waals surface area contributed by atoms with Crippen LogP contribution in [-0.2, 0) is 14.3 Å². The summed E-state index contributed by atoms with van der Waals surface area (Å²) in [6.45, 7) is 7.14. The highest BCUT2D eigenvalue weighted by molar-refractivity contribution is 7.18. The van der Waals surface area contributed by atoms with Crippen LogP contribution in [0.3, 0.4) is 0 Å². The van der Waals surface area contributed by atoms with E-state index in [-0.39, 0.29) is 40.8 Å². The number of nitrogens with zero attached hydrogens (tertiary/aromatic N) is 3. The molecule has 12 heteroatoms. The quantitative estimate of drug-likeness (QED) is 0.328. The molecule has 2 rings (SSSR count). The molecule has 31 heavy (non-hydrogen) atoms. The average molecular weight is 452 g/mol. The SMILES string of the molecule is CCCOC(=O)c1c(NC(=O)C(CC)n2cc([N+](=O)[O-])cn2)sc(C(=O)OCC)c1C. The Kier molecular flexibility index (Phi) is 8.25. The fraction of sp³-hybridized carbons (Fsp3) is 0.474. The number of thiophene rings is 1. The van der Waals surface area contributed by atoms with E-state index in [0.29, 0.717) is 12.0 Å². The van der Waals surface area contributed by atoms with Gasteiger partial charge >= 0.3 is 17.6 Å². The van der Waals surface area contributed by atoms with Gasteiger partial charge in [0.2, 0.25) is 5.91 Å². The molecule has 11 nitrogen and oxygen atoms in total. The number of rotatable bonds is 10. The van der Waals surface area contributed by atoms with Gasteiger partial charge in [0, 0.05) is 0 Å². The smallest absolute Gasteiger partial charge is 0.348 e. The van der Waals surface area contributed by atoms with Gasteiger partial charge in [0.05, 0.1) is 23.7 Å². The molecule has 2 aromatic rings. The van der Waals surface area contributed by atoms with E-state index >= 15 is 0 Å². The number of hydrogen-bond acceptors (Lipinski definition) is 9. The van der Waals surface area contributed by atoms with E-state index in [0.717, 1.165) is 23.7 Å². The second-order valence-electron chi connectivity index (χ2n) is 6.47. The summed E-state index contributed by atoms with van der Waals surface area (Å²) in [5.41, 5.74) is 0.186. The number of amides is 1. The summed E-state index contributed by atoms with van der Waals surface area (Å²) < 4.78 is 11.4. The first-order valence-electron chi connectivity index (χ1n) is 9.72. The van der Waals surface area contributed by atoms with Gasteiger partial charge in [0.1, 0.15) is 28.3 Å². The fourth-order valence-electron chi connectivity index (χ4n) is 2.79. The Labute approximate surface area is 182 Å². The van der Waals surface area contributed by atoms with Crippen molar-refractivity contribution >= 4 is 39.9 Å². The second-order valence-corrected chi connectivity index (χ2v) is 7.49. The van der Waals surface area contributed by atoms with Crippen molar-refractivity contribution < 1.29 is 28.8 Å². The van der Waals surface area contributed by atoms with Crippen molar-refractivity contribution in [2.45, 2.75) is 46.6 Å². The van der Waals surface area contributed by atoms with Crippen LogP contribution in [0.1, 0.15) is 65.2 Å². The summed E-state index contributed by atoms with van der Waals surface area (Å²) in [6, 6.07) is -0.860. The molecule has 0 aliphatic heterocycles.